The van der Waals surface area contributed by atoms with Crippen LogP contribution in [0, 0.1) is 0 Å². The van der Waals surface area contributed by atoms with Crippen molar-refractivity contribution in [1.29, 1.82) is 0 Å². The number of nitrogens with zero attached hydrogens (tertiary/aromatic N) is 1. The third-order valence-electron chi connectivity index (χ3n) is 5.93. The highest BCUT2D eigenvalue weighted by Gasteiger charge is 2.42. The summed E-state index contributed by atoms with van der Waals surface area (Å²) in [5.74, 6) is 0.599. The molecule has 24 heavy (non-hydrogen) atoms. The van der Waals surface area contributed by atoms with Crippen molar-refractivity contribution in [2.45, 2.75) is 75.1 Å². The van der Waals surface area contributed by atoms with Crippen LogP contribution in [0.5, 0.6) is 0 Å². The molecular weight excluding hydrogens is 322 g/mol. The number of hydrogen-bond donors (Lipinski definition) is 2. The maximum absolute atomic E-state index is 12.6. The number of carbonyl (C=O) groups excluding carboxylic acids is 2. The van der Waals surface area contributed by atoms with E-state index in [0.717, 1.165) is 6.54 Å². The second-order valence-corrected chi connectivity index (χ2v) is 9.69. The number of carbonyl (C=O) groups is 2. The third-order valence-corrected chi connectivity index (χ3v) is 7.34. The average molecular weight is 354 g/mol. The Bertz CT molecular complexity index is 483. The molecule has 2 amide bonds. The SMILES string of the molecule is CC1(C)SC[C@@H](C(=O)NCC2(N3CCCCC3)CCCC2)NC1=O. The highest BCUT2D eigenvalue weighted by atomic mass is 32.2. The summed E-state index contributed by atoms with van der Waals surface area (Å²) in [6, 6.07) is -0.393. The lowest BCUT2D eigenvalue weighted by Gasteiger charge is -2.44. The van der Waals surface area contributed by atoms with Crippen molar-refractivity contribution in [2.24, 2.45) is 0 Å². The first-order chi connectivity index (χ1) is 11.4. The van der Waals surface area contributed by atoms with Gasteiger partial charge in [-0.25, -0.2) is 0 Å². The van der Waals surface area contributed by atoms with Crippen molar-refractivity contribution in [3.63, 3.8) is 0 Å². The van der Waals surface area contributed by atoms with Gasteiger partial charge in [0.1, 0.15) is 6.04 Å². The molecule has 0 unspecified atom stereocenters. The molecule has 2 heterocycles. The van der Waals surface area contributed by atoms with Gasteiger partial charge in [0, 0.05) is 17.8 Å². The number of rotatable bonds is 4. The van der Waals surface area contributed by atoms with E-state index in [4.69, 9.17) is 0 Å². The molecule has 6 heteroatoms. The normalized spacial score (nSPS) is 29.9. The van der Waals surface area contributed by atoms with E-state index in [1.165, 1.54) is 58.0 Å². The van der Waals surface area contributed by atoms with Crippen molar-refractivity contribution in [3.8, 4) is 0 Å². The Labute approximate surface area is 149 Å². The maximum Gasteiger partial charge on any atom is 0.243 e. The highest BCUT2D eigenvalue weighted by molar-refractivity contribution is 8.01. The van der Waals surface area contributed by atoms with Gasteiger partial charge in [0.2, 0.25) is 11.8 Å². The topological polar surface area (TPSA) is 61.4 Å². The summed E-state index contributed by atoms with van der Waals surface area (Å²) >= 11 is 1.57. The summed E-state index contributed by atoms with van der Waals surface area (Å²) in [6.07, 6.45) is 8.78. The minimum absolute atomic E-state index is 0.0189. The number of piperidine rings is 1. The van der Waals surface area contributed by atoms with Gasteiger partial charge in [0.25, 0.3) is 0 Å². The second kappa shape index (κ2) is 7.24. The van der Waals surface area contributed by atoms with E-state index in [-0.39, 0.29) is 17.4 Å². The summed E-state index contributed by atoms with van der Waals surface area (Å²) < 4.78 is -0.433. The predicted octanol–water partition coefficient (Wildman–Crippen LogP) is 1.91. The summed E-state index contributed by atoms with van der Waals surface area (Å²) in [4.78, 5) is 27.3. The first-order valence-corrected chi connectivity index (χ1v) is 10.4. The van der Waals surface area contributed by atoms with Gasteiger partial charge in [-0.1, -0.05) is 19.3 Å². The molecule has 3 aliphatic rings. The predicted molar refractivity (Wildman–Crippen MR) is 98.1 cm³/mol. The van der Waals surface area contributed by atoms with Gasteiger partial charge in [-0.2, -0.15) is 0 Å². The Morgan fingerprint density at radius 3 is 2.50 bits per heavy atom. The van der Waals surface area contributed by atoms with Crippen molar-refractivity contribution in [3.05, 3.63) is 0 Å². The van der Waals surface area contributed by atoms with Crippen molar-refractivity contribution >= 4 is 23.6 Å². The average Bonchev–Trinajstić information content (AvgIpc) is 3.06. The number of likely N-dealkylation sites (tertiary alicyclic amines) is 1. The molecule has 2 saturated heterocycles. The Kier molecular flexibility index (Phi) is 5.45. The van der Waals surface area contributed by atoms with Crippen LogP contribution in [0.1, 0.15) is 58.8 Å². The Balaban J connectivity index is 1.57. The molecule has 0 spiro atoms. The van der Waals surface area contributed by atoms with E-state index in [0.29, 0.717) is 5.75 Å². The minimum atomic E-state index is -0.433. The monoisotopic (exact) mass is 353 g/mol. The molecule has 0 aromatic carbocycles. The Morgan fingerprint density at radius 1 is 1.21 bits per heavy atom. The molecule has 0 aromatic heterocycles. The molecule has 136 valence electrons. The fraction of sp³-hybridized carbons (Fsp3) is 0.889. The fourth-order valence-electron chi connectivity index (χ4n) is 4.25. The van der Waals surface area contributed by atoms with Crippen LogP contribution in [-0.2, 0) is 9.59 Å². The van der Waals surface area contributed by atoms with Crippen LogP contribution in [0.15, 0.2) is 0 Å². The van der Waals surface area contributed by atoms with Crippen LogP contribution in [-0.4, -0.2) is 58.4 Å². The number of amides is 2. The van der Waals surface area contributed by atoms with Gasteiger partial charge in [-0.05, 0) is 52.6 Å². The number of thioether (sulfide) groups is 1. The van der Waals surface area contributed by atoms with E-state index < -0.39 is 10.8 Å². The minimum Gasteiger partial charge on any atom is -0.352 e. The molecule has 0 aromatic rings. The first kappa shape index (κ1) is 18.1. The molecule has 1 aliphatic carbocycles. The zero-order valence-electron chi connectivity index (χ0n) is 15.0. The van der Waals surface area contributed by atoms with Crippen LogP contribution in [0.3, 0.4) is 0 Å². The van der Waals surface area contributed by atoms with Gasteiger partial charge in [-0.3, -0.25) is 14.5 Å². The van der Waals surface area contributed by atoms with Gasteiger partial charge in [-0.15, -0.1) is 11.8 Å². The van der Waals surface area contributed by atoms with E-state index in [1.54, 1.807) is 11.8 Å². The third kappa shape index (κ3) is 3.74. The van der Waals surface area contributed by atoms with Crippen LogP contribution < -0.4 is 10.6 Å². The fourth-order valence-corrected chi connectivity index (χ4v) is 5.26. The lowest BCUT2D eigenvalue weighted by molar-refractivity contribution is -0.130. The van der Waals surface area contributed by atoms with Crippen molar-refractivity contribution < 1.29 is 9.59 Å². The molecule has 2 N–H and O–H groups in total. The van der Waals surface area contributed by atoms with E-state index in [9.17, 15) is 9.59 Å². The Morgan fingerprint density at radius 2 is 1.88 bits per heavy atom. The molecule has 3 rings (SSSR count). The van der Waals surface area contributed by atoms with Crippen LogP contribution in [0.25, 0.3) is 0 Å². The summed E-state index contributed by atoms with van der Waals surface area (Å²) in [7, 11) is 0. The van der Waals surface area contributed by atoms with E-state index >= 15 is 0 Å². The van der Waals surface area contributed by atoms with E-state index in [2.05, 4.69) is 15.5 Å². The molecule has 5 nitrogen and oxygen atoms in total. The first-order valence-electron chi connectivity index (χ1n) is 9.41. The van der Waals surface area contributed by atoms with Gasteiger partial charge in [0.15, 0.2) is 0 Å². The number of nitrogens with one attached hydrogen (secondary N) is 2. The lowest BCUT2D eigenvalue weighted by atomic mass is 9.92. The molecular formula is C18H31N3O2S. The molecule has 1 atom stereocenters. The summed E-state index contributed by atoms with van der Waals surface area (Å²) in [6.45, 7) is 6.88. The summed E-state index contributed by atoms with van der Waals surface area (Å²) in [5.41, 5.74) is 0.154. The smallest absolute Gasteiger partial charge is 0.243 e. The molecule has 0 radical (unpaired) electrons. The number of hydrogen-bond acceptors (Lipinski definition) is 4. The van der Waals surface area contributed by atoms with Crippen LogP contribution >= 0.6 is 11.8 Å². The molecule has 0 bridgehead atoms. The molecule has 3 fully saturated rings. The summed E-state index contributed by atoms with van der Waals surface area (Å²) in [5, 5.41) is 6.06. The highest BCUT2D eigenvalue weighted by Crippen LogP contribution is 2.36. The Hall–Kier alpha value is -0.750. The van der Waals surface area contributed by atoms with Crippen molar-refractivity contribution in [2.75, 3.05) is 25.4 Å². The van der Waals surface area contributed by atoms with Crippen molar-refractivity contribution in [1.82, 2.24) is 15.5 Å². The van der Waals surface area contributed by atoms with E-state index in [1.807, 2.05) is 13.8 Å². The standard InChI is InChI=1S/C18H31N3O2S/c1-17(2)16(23)20-14(12-24-17)15(22)19-13-18(8-4-5-9-18)21-10-6-3-7-11-21/h14H,3-13H2,1-2H3,(H,19,22)(H,20,23)/t14-/m0/s1. The zero-order valence-corrected chi connectivity index (χ0v) is 15.8. The quantitative estimate of drug-likeness (QED) is 0.810. The van der Waals surface area contributed by atoms with Gasteiger partial charge >= 0.3 is 0 Å². The second-order valence-electron chi connectivity index (χ2n) is 8.04. The van der Waals surface area contributed by atoms with Crippen LogP contribution in [0.4, 0.5) is 0 Å². The molecule has 1 saturated carbocycles. The van der Waals surface area contributed by atoms with Gasteiger partial charge < -0.3 is 10.6 Å². The van der Waals surface area contributed by atoms with Crippen LogP contribution in [0.2, 0.25) is 0 Å². The molecule has 2 aliphatic heterocycles. The zero-order chi connectivity index (χ0) is 17.2. The maximum atomic E-state index is 12.6. The van der Waals surface area contributed by atoms with Gasteiger partial charge in [0.05, 0.1) is 4.75 Å². The largest absolute Gasteiger partial charge is 0.352 e. The lowest BCUT2D eigenvalue weighted by Crippen LogP contribution is -2.60.